The van der Waals surface area contributed by atoms with Gasteiger partial charge in [0.2, 0.25) is 0 Å². The van der Waals surface area contributed by atoms with Crippen LogP contribution in [0.1, 0.15) is 23.6 Å². The molecule has 0 aliphatic rings. The molecule has 0 heterocycles. The first-order valence-corrected chi connectivity index (χ1v) is 5.93. The molecule has 0 aliphatic heterocycles. The predicted molar refractivity (Wildman–Crippen MR) is 73.7 cm³/mol. The first kappa shape index (κ1) is 12.2. The van der Waals surface area contributed by atoms with Crippen molar-refractivity contribution in [3.63, 3.8) is 0 Å². The maximum absolute atomic E-state index is 9.85. The van der Waals surface area contributed by atoms with Crippen LogP contribution in [0.25, 0.3) is 5.57 Å². The van der Waals surface area contributed by atoms with Gasteiger partial charge in [-0.1, -0.05) is 37.8 Å². The highest BCUT2D eigenvalue weighted by atomic mass is 16.3. The predicted octanol–water partition coefficient (Wildman–Crippen LogP) is 3.72. The topological polar surface area (TPSA) is 40.5 Å². The third kappa shape index (κ3) is 2.23. The van der Waals surface area contributed by atoms with Gasteiger partial charge >= 0.3 is 0 Å². The van der Waals surface area contributed by atoms with Crippen LogP contribution in [-0.4, -0.2) is 10.2 Å². The van der Waals surface area contributed by atoms with E-state index >= 15 is 0 Å². The summed E-state index contributed by atoms with van der Waals surface area (Å²) in [6, 6.07) is 12.3. The lowest BCUT2D eigenvalue weighted by Crippen LogP contribution is -1.93. The summed E-state index contributed by atoms with van der Waals surface area (Å²) in [5.74, 6) is 0.471. The maximum atomic E-state index is 9.85. The molecule has 0 fully saturated rings. The molecular formula is C16H16O2. The standard InChI is InChI=1S/C16H16O2/c1-3-12-10-13(17)8-9-14(12)11(2)15-6-4-5-7-16(15)18/h4-10,17-18H,2-3H2,1H3. The zero-order valence-corrected chi connectivity index (χ0v) is 10.4. The van der Waals surface area contributed by atoms with Crippen LogP contribution in [0.2, 0.25) is 0 Å². The first-order valence-electron chi connectivity index (χ1n) is 5.93. The second-order valence-corrected chi connectivity index (χ2v) is 4.19. The van der Waals surface area contributed by atoms with Crippen molar-refractivity contribution in [3.8, 4) is 11.5 Å². The van der Waals surface area contributed by atoms with Crippen molar-refractivity contribution < 1.29 is 10.2 Å². The Labute approximate surface area is 107 Å². The van der Waals surface area contributed by atoms with E-state index in [1.165, 1.54) is 0 Å². The lowest BCUT2D eigenvalue weighted by atomic mass is 9.93. The molecule has 0 atom stereocenters. The monoisotopic (exact) mass is 240 g/mol. The van der Waals surface area contributed by atoms with Gasteiger partial charge in [0, 0.05) is 5.56 Å². The number of hydrogen-bond donors (Lipinski definition) is 2. The van der Waals surface area contributed by atoms with E-state index in [1.807, 2.05) is 25.1 Å². The Kier molecular flexibility index (Phi) is 3.38. The van der Waals surface area contributed by atoms with Gasteiger partial charge in [0.1, 0.15) is 11.5 Å². The van der Waals surface area contributed by atoms with Crippen LogP contribution >= 0.6 is 0 Å². The van der Waals surface area contributed by atoms with Crippen LogP contribution in [0.5, 0.6) is 11.5 Å². The molecule has 0 radical (unpaired) electrons. The molecule has 0 aliphatic carbocycles. The molecule has 0 bridgehead atoms. The quantitative estimate of drug-likeness (QED) is 0.858. The van der Waals surface area contributed by atoms with Crippen molar-refractivity contribution in [1.29, 1.82) is 0 Å². The van der Waals surface area contributed by atoms with Gasteiger partial charge < -0.3 is 10.2 Å². The first-order chi connectivity index (χ1) is 8.63. The molecule has 0 amide bonds. The van der Waals surface area contributed by atoms with Crippen LogP contribution in [0.3, 0.4) is 0 Å². The highest BCUT2D eigenvalue weighted by Gasteiger charge is 2.10. The lowest BCUT2D eigenvalue weighted by molar-refractivity contribution is 0.473. The molecule has 0 saturated carbocycles. The van der Waals surface area contributed by atoms with Crippen molar-refractivity contribution in [2.45, 2.75) is 13.3 Å². The molecule has 92 valence electrons. The zero-order valence-electron chi connectivity index (χ0n) is 10.4. The van der Waals surface area contributed by atoms with Crippen LogP contribution in [-0.2, 0) is 6.42 Å². The van der Waals surface area contributed by atoms with E-state index in [9.17, 15) is 10.2 Å². The highest BCUT2D eigenvalue weighted by molar-refractivity contribution is 5.82. The van der Waals surface area contributed by atoms with E-state index < -0.39 is 0 Å². The largest absolute Gasteiger partial charge is 0.508 e. The van der Waals surface area contributed by atoms with Crippen molar-refractivity contribution in [3.05, 3.63) is 65.7 Å². The molecule has 0 spiro atoms. The van der Waals surface area contributed by atoms with Crippen LogP contribution in [0, 0.1) is 0 Å². The Morgan fingerprint density at radius 2 is 1.78 bits per heavy atom. The molecular weight excluding hydrogens is 224 g/mol. The number of para-hydroxylation sites is 1. The van der Waals surface area contributed by atoms with Gasteiger partial charge in [-0.3, -0.25) is 0 Å². The third-order valence-corrected chi connectivity index (χ3v) is 3.02. The highest BCUT2D eigenvalue weighted by Crippen LogP contribution is 2.32. The van der Waals surface area contributed by atoms with Gasteiger partial charge in [-0.2, -0.15) is 0 Å². The summed E-state index contributed by atoms with van der Waals surface area (Å²) in [6.07, 6.45) is 0.802. The number of phenolic OH excluding ortho intramolecular Hbond substituents is 2. The van der Waals surface area contributed by atoms with E-state index in [-0.39, 0.29) is 11.5 Å². The number of aromatic hydroxyl groups is 2. The van der Waals surface area contributed by atoms with E-state index in [1.54, 1.807) is 24.3 Å². The molecule has 2 aromatic rings. The minimum atomic E-state index is 0.220. The molecule has 0 saturated heterocycles. The average Bonchev–Trinajstić information content (AvgIpc) is 2.38. The van der Waals surface area contributed by atoms with Crippen molar-refractivity contribution in [2.75, 3.05) is 0 Å². The molecule has 18 heavy (non-hydrogen) atoms. The second kappa shape index (κ2) is 4.96. The number of benzene rings is 2. The SMILES string of the molecule is C=C(c1ccccc1O)c1ccc(O)cc1CC. The fraction of sp³-hybridized carbons (Fsp3) is 0.125. The van der Waals surface area contributed by atoms with Crippen LogP contribution in [0.4, 0.5) is 0 Å². The van der Waals surface area contributed by atoms with Crippen molar-refractivity contribution in [2.24, 2.45) is 0 Å². The van der Waals surface area contributed by atoms with E-state index in [2.05, 4.69) is 6.58 Å². The zero-order chi connectivity index (χ0) is 13.1. The van der Waals surface area contributed by atoms with Crippen LogP contribution < -0.4 is 0 Å². The summed E-state index contributed by atoms with van der Waals surface area (Å²) >= 11 is 0. The van der Waals surface area contributed by atoms with Gasteiger partial charge in [-0.25, -0.2) is 0 Å². The van der Waals surface area contributed by atoms with Gasteiger partial charge in [-0.15, -0.1) is 0 Å². The number of aryl methyl sites for hydroxylation is 1. The van der Waals surface area contributed by atoms with Crippen molar-refractivity contribution in [1.82, 2.24) is 0 Å². The van der Waals surface area contributed by atoms with E-state index in [4.69, 9.17) is 0 Å². The smallest absolute Gasteiger partial charge is 0.123 e. The fourth-order valence-electron chi connectivity index (χ4n) is 2.04. The van der Waals surface area contributed by atoms with Crippen molar-refractivity contribution >= 4 is 5.57 Å². The number of phenols is 2. The lowest BCUT2D eigenvalue weighted by Gasteiger charge is -2.12. The van der Waals surface area contributed by atoms with Gasteiger partial charge in [0.05, 0.1) is 0 Å². The Balaban J connectivity index is 2.50. The summed E-state index contributed by atoms with van der Waals surface area (Å²) in [5.41, 5.74) is 3.46. The normalized spacial score (nSPS) is 10.3. The maximum Gasteiger partial charge on any atom is 0.123 e. The average molecular weight is 240 g/mol. The van der Waals surface area contributed by atoms with E-state index in [0.717, 1.165) is 28.7 Å². The molecule has 2 aromatic carbocycles. The summed E-state index contributed by atoms with van der Waals surface area (Å²) in [4.78, 5) is 0. The third-order valence-electron chi connectivity index (χ3n) is 3.02. The summed E-state index contributed by atoms with van der Waals surface area (Å²) < 4.78 is 0. The Morgan fingerprint density at radius 1 is 1.06 bits per heavy atom. The number of hydrogen-bond acceptors (Lipinski definition) is 2. The van der Waals surface area contributed by atoms with Gasteiger partial charge in [0.25, 0.3) is 0 Å². The molecule has 0 unspecified atom stereocenters. The minimum absolute atomic E-state index is 0.220. The Hall–Kier alpha value is -2.22. The Morgan fingerprint density at radius 3 is 2.44 bits per heavy atom. The Bertz CT molecular complexity index is 585. The summed E-state index contributed by atoms with van der Waals surface area (Å²) in [6.45, 7) is 6.08. The molecule has 2 heteroatoms. The summed E-state index contributed by atoms with van der Waals surface area (Å²) in [7, 11) is 0. The summed E-state index contributed by atoms with van der Waals surface area (Å²) in [5, 5.41) is 19.3. The van der Waals surface area contributed by atoms with Gasteiger partial charge in [-0.05, 0) is 41.3 Å². The van der Waals surface area contributed by atoms with E-state index in [0.29, 0.717) is 0 Å². The van der Waals surface area contributed by atoms with Crippen LogP contribution in [0.15, 0.2) is 49.0 Å². The molecule has 2 rings (SSSR count). The fourth-order valence-corrected chi connectivity index (χ4v) is 2.04. The second-order valence-electron chi connectivity index (χ2n) is 4.19. The molecule has 2 N–H and O–H groups in total. The molecule has 0 aromatic heterocycles. The molecule has 2 nitrogen and oxygen atoms in total. The van der Waals surface area contributed by atoms with Gasteiger partial charge in [0.15, 0.2) is 0 Å². The minimum Gasteiger partial charge on any atom is -0.508 e. The number of rotatable bonds is 3.